The molecule has 2 unspecified atom stereocenters. The summed E-state index contributed by atoms with van der Waals surface area (Å²) in [5.41, 5.74) is 0.702. The summed E-state index contributed by atoms with van der Waals surface area (Å²) in [6.45, 7) is 5.07. The van der Waals surface area contributed by atoms with E-state index in [1.54, 1.807) is 6.20 Å². The van der Waals surface area contributed by atoms with Gasteiger partial charge in [-0.2, -0.15) is 9.40 Å². The van der Waals surface area contributed by atoms with Crippen molar-refractivity contribution in [2.75, 3.05) is 13.2 Å². The fourth-order valence-electron chi connectivity index (χ4n) is 2.52. The highest BCUT2D eigenvalue weighted by Gasteiger charge is 2.36. The highest BCUT2D eigenvalue weighted by atomic mass is 32.2. The van der Waals surface area contributed by atoms with Crippen LogP contribution in [0.25, 0.3) is 0 Å². The van der Waals surface area contributed by atoms with Crippen LogP contribution in [0.2, 0.25) is 0 Å². The maximum atomic E-state index is 12.9. The predicted molar refractivity (Wildman–Crippen MR) is 77.2 cm³/mol. The Hall–Kier alpha value is -0.960. The van der Waals surface area contributed by atoms with Crippen LogP contribution in [0.15, 0.2) is 11.2 Å². The average molecular weight is 314 g/mol. The number of aromatic nitrogens is 2. The number of sulfonamides is 1. The summed E-state index contributed by atoms with van der Waals surface area (Å²) in [5, 5.41) is 10.1. The molecule has 1 aromatic rings. The first kappa shape index (κ1) is 15.0. The van der Waals surface area contributed by atoms with Gasteiger partial charge in [0.2, 0.25) is 0 Å². The van der Waals surface area contributed by atoms with Gasteiger partial charge in [-0.25, -0.2) is 8.42 Å². The molecule has 0 amide bonds. The third-order valence-electron chi connectivity index (χ3n) is 3.95. The van der Waals surface area contributed by atoms with Gasteiger partial charge in [0, 0.05) is 30.7 Å². The third kappa shape index (κ3) is 3.13. The zero-order chi connectivity index (χ0) is 15.0. The van der Waals surface area contributed by atoms with Crippen molar-refractivity contribution in [3.05, 3.63) is 11.8 Å². The molecular weight excluding hydrogens is 292 g/mol. The molecule has 7 nitrogen and oxygen atoms in total. The smallest absolute Gasteiger partial charge is 0.260 e. The van der Waals surface area contributed by atoms with E-state index in [9.17, 15) is 8.42 Å². The second-order valence-electron chi connectivity index (χ2n) is 5.95. The molecule has 0 aromatic carbocycles. The molecule has 2 aliphatic rings. The Kier molecular flexibility index (Phi) is 4.04. The van der Waals surface area contributed by atoms with E-state index < -0.39 is 10.0 Å². The lowest BCUT2D eigenvalue weighted by Crippen LogP contribution is -2.50. The monoisotopic (exact) mass is 314 g/mol. The Morgan fingerprint density at radius 2 is 2.24 bits per heavy atom. The standard InChI is InChI=1S/C13H22N4O3S/c1-9-8-20-10(2)7-17(9)21(18,19)13-11(6-15-16-13)5-14-12-3-4-12/h6,9-10,12,14H,3-5,7-8H2,1-2H3,(H,15,16). The number of rotatable bonds is 5. The molecule has 0 bridgehead atoms. The molecule has 118 valence electrons. The highest BCUT2D eigenvalue weighted by molar-refractivity contribution is 7.89. The van der Waals surface area contributed by atoms with Crippen molar-refractivity contribution in [1.29, 1.82) is 0 Å². The Bertz CT molecular complexity index is 596. The van der Waals surface area contributed by atoms with Crippen LogP contribution in [0.4, 0.5) is 0 Å². The number of hydrogen-bond donors (Lipinski definition) is 2. The van der Waals surface area contributed by atoms with Gasteiger partial charge in [-0.1, -0.05) is 0 Å². The number of ether oxygens (including phenoxy) is 1. The van der Waals surface area contributed by atoms with Crippen molar-refractivity contribution >= 4 is 10.0 Å². The lowest BCUT2D eigenvalue weighted by atomic mass is 10.2. The van der Waals surface area contributed by atoms with Crippen LogP contribution in [-0.4, -0.2) is 54.3 Å². The molecule has 1 aromatic heterocycles. The van der Waals surface area contributed by atoms with Gasteiger partial charge in [0.25, 0.3) is 10.0 Å². The predicted octanol–water partition coefficient (Wildman–Crippen LogP) is 0.460. The largest absolute Gasteiger partial charge is 0.375 e. The Morgan fingerprint density at radius 1 is 1.48 bits per heavy atom. The normalized spacial score (nSPS) is 27.9. The first-order valence-electron chi connectivity index (χ1n) is 7.37. The zero-order valence-corrected chi connectivity index (χ0v) is 13.2. The van der Waals surface area contributed by atoms with E-state index in [0.29, 0.717) is 31.3 Å². The quantitative estimate of drug-likeness (QED) is 0.824. The lowest BCUT2D eigenvalue weighted by Gasteiger charge is -2.35. The van der Waals surface area contributed by atoms with Crippen LogP contribution in [0.1, 0.15) is 32.3 Å². The van der Waals surface area contributed by atoms with Crippen LogP contribution < -0.4 is 5.32 Å². The number of morpholine rings is 1. The van der Waals surface area contributed by atoms with Gasteiger partial charge in [-0.15, -0.1) is 0 Å². The highest BCUT2D eigenvalue weighted by Crippen LogP contribution is 2.25. The molecule has 1 saturated heterocycles. The van der Waals surface area contributed by atoms with Gasteiger partial charge in [0.05, 0.1) is 18.9 Å². The third-order valence-corrected chi connectivity index (χ3v) is 5.95. The summed E-state index contributed by atoms with van der Waals surface area (Å²) in [4.78, 5) is 0. The summed E-state index contributed by atoms with van der Waals surface area (Å²) in [5.74, 6) is 0. The minimum Gasteiger partial charge on any atom is -0.375 e. The SMILES string of the molecule is CC1CN(S(=O)(=O)c2[nH]ncc2CNC2CC2)C(C)CO1. The van der Waals surface area contributed by atoms with Gasteiger partial charge in [-0.05, 0) is 26.7 Å². The van der Waals surface area contributed by atoms with Crippen LogP contribution in [0.3, 0.4) is 0 Å². The van der Waals surface area contributed by atoms with Gasteiger partial charge in [0.15, 0.2) is 5.03 Å². The van der Waals surface area contributed by atoms with Gasteiger partial charge >= 0.3 is 0 Å². The molecule has 2 heterocycles. The van der Waals surface area contributed by atoms with Crippen molar-refractivity contribution in [1.82, 2.24) is 19.8 Å². The number of hydrogen-bond acceptors (Lipinski definition) is 5. The fraction of sp³-hybridized carbons (Fsp3) is 0.769. The average Bonchev–Trinajstić information content (AvgIpc) is 3.15. The molecular formula is C13H22N4O3S. The summed E-state index contributed by atoms with van der Waals surface area (Å²) >= 11 is 0. The van der Waals surface area contributed by atoms with E-state index in [4.69, 9.17) is 4.74 Å². The Labute approximate surface area is 125 Å². The van der Waals surface area contributed by atoms with Crippen LogP contribution >= 0.6 is 0 Å². The van der Waals surface area contributed by atoms with E-state index >= 15 is 0 Å². The van der Waals surface area contributed by atoms with Crippen molar-refractivity contribution in [2.24, 2.45) is 0 Å². The maximum Gasteiger partial charge on any atom is 0.260 e. The second-order valence-corrected chi connectivity index (χ2v) is 7.77. The molecule has 0 spiro atoms. The Balaban J connectivity index is 1.81. The van der Waals surface area contributed by atoms with Crippen LogP contribution in [-0.2, 0) is 21.3 Å². The first-order valence-corrected chi connectivity index (χ1v) is 8.81. The number of nitrogens with zero attached hydrogens (tertiary/aromatic N) is 2. The molecule has 8 heteroatoms. The van der Waals surface area contributed by atoms with E-state index in [1.165, 1.54) is 4.31 Å². The van der Waals surface area contributed by atoms with Crippen molar-refractivity contribution in [3.8, 4) is 0 Å². The van der Waals surface area contributed by atoms with E-state index in [0.717, 1.165) is 12.8 Å². The summed E-state index contributed by atoms with van der Waals surface area (Å²) in [6, 6.07) is 0.358. The van der Waals surface area contributed by atoms with E-state index in [2.05, 4.69) is 15.5 Å². The van der Waals surface area contributed by atoms with Gasteiger partial charge in [0.1, 0.15) is 0 Å². The fourth-order valence-corrected chi connectivity index (χ4v) is 4.31. The molecule has 2 atom stereocenters. The zero-order valence-electron chi connectivity index (χ0n) is 12.4. The number of H-pyrrole nitrogens is 1. The van der Waals surface area contributed by atoms with Crippen molar-refractivity contribution < 1.29 is 13.2 Å². The first-order chi connectivity index (χ1) is 9.98. The van der Waals surface area contributed by atoms with E-state index in [-0.39, 0.29) is 17.2 Å². The van der Waals surface area contributed by atoms with Crippen molar-refractivity contribution in [3.63, 3.8) is 0 Å². The molecule has 2 fully saturated rings. The number of nitrogens with one attached hydrogen (secondary N) is 2. The summed E-state index contributed by atoms with van der Waals surface area (Å²) in [7, 11) is -3.56. The van der Waals surface area contributed by atoms with Gasteiger partial charge < -0.3 is 10.1 Å². The minimum absolute atomic E-state index is 0.0908. The van der Waals surface area contributed by atoms with Crippen molar-refractivity contribution in [2.45, 2.75) is 56.4 Å². The Morgan fingerprint density at radius 3 is 2.95 bits per heavy atom. The molecule has 2 N–H and O–H groups in total. The molecule has 3 rings (SSSR count). The number of aromatic amines is 1. The van der Waals surface area contributed by atoms with Gasteiger partial charge in [-0.3, -0.25) is 5.10 Å². The molecule has 1 aliphatic heterocycles. The molecule has 1 aliphatic carbocycles. The summed E-state index contributed by atoms with van der Waals surface area (Å²) in [6.07, 6.45) is 3.83. The topological polar surface area (TPSA) is 87.3 Å². The molecule has 0 radical (unpaired) electrons. The molecule has 1 saturated carbocycles. The minimum atomic E-state index is -3.56. The van der Waals surface area contributed by atoms with E-state index in [1.807, 2.05) is 13.8 Å². The maximum absolute atomic E-state index is 12.9. The van der Waals surface area contributed by atoms with Crippen LogP contribution in [0, 0.1) is 0 Å². The lowest BCUT2D eigenvalue weighted by molar-refractivity contribution is -0.0171. The second kappa shape index (κ2) is 5.68. The molecule has 21 heavy (non-hydrogen) atoms. The van der Waals surface area contributed by atoms with Crippen LogP contribution in [0.5, 0.6) is 0 Å². The summed E-state index contributed by atoms with van der Waals surface area (Å²) < 4.78 is 32.7.